The quantitative estimate of drug-likeness (QED) is 0.417. The molecule has 1 N–H and O–H groups in total. The number of aryl methyl sites for hydroxylation is 2. The number of terminal acetylenes is 1. The molecule has 11 heteroatoms. The van der Waals surface area contributed by atoms with Gasteiger partial charge in [0, 0.05) is 0 Å². The third kappa shape index (κ3) is 3.94. The predicted molar refractivity (Wildman–Crippen MR) is 80.8 cm³/mol. The average molecular weight is 347 g/mol. The van der Waals surface area contributed by atoms with Gasteiger partial charge in [0.05, 0.1) is 0 Å². The molecule has 0 fully saturated rings. The van der Waals surface area contributed by atoms with Gasteiger partial charge in [-0.2, -0.15) is 0 Å². The minimum atomic E-state index is -0.850. The molecule has 0 saturated carbocycles. The van der Waals surface area contributed by atoms with Gasteiger partial charge in [0.2, 0.25) is 5.82 Å². The zero-order valence-corrected chi connectivity index (χ0v) is 12.5. The Morgan fingerprint density at radius 3 is 2.40 bits per heavy atom. The number of hydrogen-bond acceptors (Lipinski definition) is 8. The number of rotatable bonds is 2. The van der Waals surface area contributed by atoms with E-state index in [-0.39, 0.29) is 17.3 Å². The van der Waals surface area contributed by atoms with Crippen molar-refractivity contribution in [1.82, 2.24) is 20.5 Å². The molecule has 0 bridgehead atoms. The van der Waals surface area contributed by atoms with E-state index >= 15 is 0 Å². The van der Waals surface area contributed by atoms with Gasteiger partial charge in [-0.1, -0.05) is 11.2 Å². The van der Waals surface area contributed by atoms with Gasteiger partial charge in [-0.3, -0.25) is 9.51 Å². The molecule has 4 rings (SSSR count). The molecule has 1 aliphatic carbocycles. The Morgan fingerprint density at radius 1 is 1.20 bits per heavy atom. The molecule has 128 valence electrons. The highest BCUT2D eigenvalue weighted by atomic mass is 19.1. The second-order valence-electron chi connectivity index (χ2n) is 4.55. The number of nitrogens with zero attached hydrogens (tertiary/aromatic N) is 4. The summed E-state index contributed by atoms with van der Waals surface area (Å²) >= 11 is 0. The highest BCUT2D eigenvalue weighted by molar-refractivity contribution is 5.57. The molecule has 0 atom stereocenters. The van der Waals surface area contributed by atoms with Crippen molar-refractivity contribution in [2.75, 3.05) is 0 Å². The van der Waals surface area contributed by atoms with Gasteiger partial charge in [-0.15, -0.1) is 17.5 Å². The maximum atomic E-state index is 12.4. The lowest BCUT2D eigenvalue weighted by Gasteiger charge is -2.17. The molecule has 2 heterocycles. The summed E-state index contributed by atoms with van der Waals surface area (Å²) in [7, 11) is 0. The SMILES string of the molecule is C#C.Fc1ccc2c(c1)CC2.O=c1[nH]c(-c2nonc2[N+](=O)[O-])no1. The molecule has 1 aliphatic rings. The smallest absolute Gasteiger partial charge is 0.358 e. The monoisotopic (exact) mass is 347 g/mol. The van der Waals surface area contributed by atoms with Gasteiger partial charge in [0.1, 0.15) is 5.82 Å². The van der Waals surface area contributed by atoms with Gasteiger partial charge < -0.3 is 10.1 Å². The summed E-state index contributed by atoms with van der Waals surface area (Å²) in [6, 6.07) is 5.02. The zero-order chi connectivity index (χ0) is 18.4. The first-order valence-corrected chi connectivity index (χ1v) is 6.68. The van der Waals surface area contributed by atoms with Crippen LogP contribution < -0.4 is 5.76 Å². The second kappa shape index (κ2) is 7.64. The molecule has 0 amide bonds. The van der Waals surface area contributed by atoms with Crippen molar-refractivity contribution in [3.05, 3.63) is 55.8 Å². The van der Waals surface area contributed by atoms with Crippen LogP contribution in [0.3, 0.4) is 0 Å². The molecule has 0 aliphatic heterocycles. The van der Waals surface area contributed by atoms with Crippen LogP contribution in [0, 0.1) is 28.8 Å². The fraction of sp³-hybridized carbons (Fsp3) is 0.143. The van der Waals surface area contributed by atoms with Gasteiger partial charge in [-0.25, -0.2) is 9.18 Å². The van der Waals surface area contributed by atoms with Crippen molar-refractivity contribution in [1.29, 1.82) is 0 Å². The van der Waals surface area contributed by atoms with E-state index in [2.05, 4.69) is 42.5 Å². The molecular formula is C14H10FN5O5. The van der Waals surface area contributed by atoms with Crippen LogP contribution in [0.4, 0.5) is 10.2 Å². The minimum absolute atomic E-state index is 0.103. The molecule has 2 aromatic heterocycles. The summed E-state index contributed by atoms with van der Waals surface area (Å²) in [5.74, 6) is -1.80. The fourth-order valence-corrected chi connectivity index (χ4v) is 1.95. The number of H-pyrrole nitrogens is 1. The van der Waals surface area contributed by atoms with Crippen molar-refractivity contribution < 1.29 is 18.5 Å². The minimum Gasteiger partial charge on any atom is -0.358 e. The highest BCUT2D eigenvalue weighted by Gasteiger charge is 2.26. The lowest BCUT2D eigenvalue weighted by atomic mass is 9.89. The number of nitro groups is 1. The third-order valence-corrected chi connectivity index (χ3v) is 3.14. The summed E-state index contributed by atoms with van der Waals surface area (Å²) in [6.07, 6.45) is 10.2. The number of aromatic nitrogens is 4. The van der Waals surface area contributed by atoms with Gasteiger partial charge in [-0.05, 0) is 46.2 Å². The van der Waals surface area contributed by atoms with Crippen LogP contribution in [-0.4, -0.2) is 25.4 Å². The second-order valence-corrected chi connectivity index (χ2v) is 4.55. The van der Waals surface area contributed by atoms with E-state index in [0.717, 1.165) is 12.8 Å². The third-order valence-electron chi connectivity index (χ3n) is 3.14. The lowest BCUT2D eigenvalue weighted by Crippen LogP contribution is -2.07. The molecule has 3 aromatic rings. The van der Waals surface area contributed by atoms with Crippen LogP contribution in [0.1, 0.15) is 11.1 Å². The standard InChI is InChI=1S/C8H7F.C4HN5O5.C2H2/c9-8-4-3-6-1-2-7(6)5-8;10-4-5-2(7-13-4)1-3(9(11)12)8-14-6-1;1-2/h3-5H,1-2H2;(H,5,7,10);1-2H. The Kier molecular flexibility index (Phi) is 5.36. The number of halogens is 1. The maximum Gasteiger partial charge on any atom is 0.446 e. The zero-order valence-electron chi connectivity index (χ0n) is 12.5. The molecule has 1 aromatic carbocycles. The van der Waals surface area contributed by atoms with Crippen molar-refractivity contribution in [3.8, 4) is 24.4 Å². The van der Waals surface area contributed by atoms with Crippen LogP contribution in [0.25, 0.3) is 11.5 Å². The van der Waals surface area contributed by atoms with Gasteiger partial charge in [0.15, 0.2) is 5.16 Å². The highest BCUT2D eigenvalue weighted by Crippen LogP contribution is 2.22. The first kappa shape index (κ1) is 17.5. The van der Waals surface area contributed by atoms with E-state index in [9.17, 15) is 19.3 Å². The van der Waals surface area contributed by atoms with Crippen molar-refractivity contribution in [2.45, 2.75) is 12.8 Å². The summed E-state index contributed by atoms with van der Waals surface area (Å²) in [6.45, 7) is 0. The maximum absolute atomic E-state index is 12.4. The number of fused-ring (bicyclic) bond motifs is 1. The van der Waals surface area contributed by atoms with E-state index in [1.54, 1.807) is 6.07 Å². The van der Waals surface area contributed by atoms with Crippen molar-refractivity contribution in [2.24, 2.45) is 0 Å². The van der Waals surface area contributed by atoms with E-state index in [1.165, 1.54) is 17.2 Å². The fourth-order valence-electron chi connectivity index (χ4n) is 1.95. The topological polar surface area (TPSA) is 141 Å². The van der Waals surface area contributed by atoms with Crippen molar-refractivity contribution >= 4 is 5.82 Å². The average Bonchev–Trinajstić information content (AvgIpc) is 3.22. The van der Waals surface area contributed by atoms with Crippen LogP contribution >= 0.6 is 0 Å². The number of hydrogen-bond donors (Lipinski definition) is 1. The molecule has 0 spiro atoms. The van der Waals surface area contributed by atoms with E-state index in [4.69, 9.17) is 0 Å². The molecule has 0 saturated heterocycles. The van der Waals surface area contributed by atoms with Gasteiger partial charge in [0.25, 0.3) is 5.69 Å². The summed E-state index contributed by atoms with van der Waals surface area (Å²) in [4.78, 5) is 22.1. The van der Waals surface area contributed by atoms with E-state index in [0.29, 0.717) is 0 Å². The van der Waals surface area contributed by atoms with Crippen molar-refractivity contribution in [3.63, 3.8) is 0 Å². The molecule has 0 unspecified atom stereocenters. The van der Waals surface area contributed by atoms with E-state index < -0.39 is 16.5 Å². The lowest BCUT2D eigenvalue weighted by molar-refractivity contribution is -0.390. The van der Waals surface area contributed by atoms with Gasteiger partial charge >= 0.3 is 11.6 Å². The van der Waals surface area contributed by atoms with Crippen LogP contribution in [0.2, 0.25) is 0 Å². The Morgan fingerprint density at radius 2 is 1.92 bits per heavy atom. The first-order valence-electron chi connectivity index (χ1n) is 6.68. The Hall–Kier alpha value is -3.81. The Bertz CT molecular complexity index is 958. The van der Waals surface area contributed by atoms with Crippen LogP contribution in [0.5, 0.6) is 0 Å². The Balaban J connectivity index is 0.000000176. The largest absolute Gasteiger partial charge is 0.446 e. The number of nitrogens with one attached hydrogen (secondary N) is 1. The summed E-state index contributed by atoms with van der Waals surface area (Å²) in [5.41, 5.74) is 2.22. The molecule has 10 nitrogen and oxygen atoms in total. The molecule has 25 heavy (non-hydrogen) atoms. The number of aromatic amines is 1. The normalized spacial score (nSPS) is 11.0. The van der Waals surface area contributed by atoms with Crippen LogP contribution in [0.15, 0.2) is 32.1 Å². The van der Waals surface area contributed by atoms with E-state index in [1.807, 2.05) is 6.07 Å². The Labute approximate surface area is 138 Å². The molecule has 0 radical (unpaired) electrons. The first-order chi connectivity index (χ1) is 12.0. The summed E-state index contributed by atoms with van der Waals surface area (Å²) in [5, 5.41) is 19.8. The summed E-state index contributed by atoms with van der Waals surface area (Å²) < 4.78 is 20.6. The predicted octanol–water partition coefficient (Wildman–Crippen LogP) is 1.49. The molecular weight excluding hydrogens is 337 g/mol. The van der Waals surface area contributed by atoms with Crippen LogP contribution in [-0.2, 0) is 12.8 Å². The number of benzene rings is 1.